The Hall–Kier alpha value is -2.17. The second-order valence-electron chi connectivity index (χ2n) is 3.68. The maximum atomic E-state index is 12.8. The fourth-order valence-electron chi connectivity index (χ4n) is 1.74. The number of alkyl halides is 3. The zero-order valence-corrected chi connectivity index (χ0v) is 8.99. The molecule has 0 saturated carbocycles. The molecule has 1 aliphatic carbocycles. The first-order valence-electron chi connectivity index (χ1n) is 5.05. The third-order valence-electron chi connectivity index (χ3n) is 2.47. The minimum atomic E-state index is -4.84. The number of hydrogen-bond acceptors (Lipinski definition) is 2. The van der Waals surface area contributed by atoms with Crippen LogP contribution in [0, 0.1) is 0 Å². The van der Waals surface area contributed by atoms with E-state index in [-0.39, 0.29) is 5.56 Å². The number of hydrogen-bond donors (Lipinski definition) is 0. The highest BCUT2D eigenvalue weighted by molar-refractivity contribution is 6.36. The SMILES string of the molecule is O=C1C=CC(=O)C(C(F)(F)F)=C1c1ccccc1. The summed E-state index contributed by atoms with van der Waals surface area (Å²) >= 11 is 0. The molecule has 0 aromatic heterocycles. The first-order valence-corrected chi connectivity index (χ1v) is 5.05. The average molecular weight is 252 g/mol. The molecule has 18 heavy (non-hydrogen) atoms. The van der Waals surface area contributed by atoms with Crippen molar-refractivity contribution < 1.29 is 22.8 Å². The van der Waals surface area contributed by atoms with E-state index in [0.29, 0.717) is 6.08 Å². The molecule has 1 aromatic rings. The number of allylic oxidation sites excluding steroid dienone is 4. The van der Waals surface area contributed by atoms with Gasteiger partial charge in [0.05, 0.1) is 0 Å². The number of ketones is 2. The molecule has 92 valence electrons. The Morgan fingerprint density at radius 2 is 1.39 bits per heavy atom. The fourth-order valence-corrected chi connectivity index (χ4v) is 1.74. The lowest BCUT2D eigenvalue weighted by Crippen LogP contribution is -2.25. The smallest absolute Gasteiger partial charge is 0.289 e. The van der Waals surface area contributed by atoms with Crippen LogP contribution in [0.25, 0.3) is 5.57 Å². The molecule has 1 aromatic carbocycles. The molecule has 0 atom stereocenters. The summed E-state index contributed by atoms with van der Waals surface area (Å²) in [5, 5.41) is 0. The first-order chi connectivity index (χ1) is 8.41. The Labute approximate surface area is 100 Å². The van der Waals surface area contributed by atoms with Gasteiger partial charge in [0.2, 0.25) is 0 Å². The lowest BCUT2D eigenvalue weighted by Gasteiger charge is -2.17. The third kappa shape index (κ3) is 2.11. The molecular formula is C13H7F3O2. The highest BCUT2D eigenvalue weighted by atomic mass is 19.4. The van der Waals surface area contributed by atoms with Gasteiger partial charge in [-0.3, -0.25) is 9.59 Å². The molecule has 0 N–H and O–H groups in total. The van der Waals surface area contributed by atoms with Crippen LogP contribution < -0.4 is 0 Å². The predicted octanol–water partition coefficient (Wildman–Crippen LogP) is 2.71. The Morgan fingerprint density at radius 3 is 1.94 bits per heavy atom. The molecule has 0 aliphatic heterocycles. The summed E-state index contributed by atoms with van der Waals surface area (Å²) in [4.78, 5) is 23.0. The Kier molecular flexibility index (Phi) is 2.90. The normalized spacial score (nSPS) is 16.4. The lowest BCUT2D eigenvalue weighted by atomic mass is 9.89. The van der Waals surface area contributed by atoms with Crippen LogP contribution in [0.15, 0.2) is 48.1 Å². The fraction of sp³-hybridized carbons (Fsp3) is 0.0769. The zero-order valence-electron chi connectivity index (χ0n) is 8.99. The minimum absolute atomic E-state index is 0.0903. The molecule has 5 heteroatoms. The van der Waals surface area contributed by atoms with Crippen LogP contribution in [0.3, 0.4) is 0 Å². The van der Waals surface area contributed by atoms with E-state index >= 15 is 0 Å². The molecule has 0 fully saturated rings. The molecule has 0 radical (unpaired) electrons. The van der Waals surface area contributed by atoms with Crippen LogP contribution in [0.1, 0.15) is 5.56 Å². The molecule has 1 aliphatic rings. The highest BCUT2D eigenvalue weighted by Crippen LogP contribution is 2.35. The molecule has 0 heterocycles. The van der Waals surface area contributed by atoms with Crippen LogP contribution in [-0.2, 0) is 9.59 Å². The maximum absolute atomic E-state index is 12.8. The summed E-state index contributed by atoms with van der Waals surface area (Å²) in [6.45, 7) is 0. The van der Waals surface area contributed by atoms with Crippen molar-refractivity contribution in [2.75, 3.05) is 0 Å². The summed E-state index contributed by atoms with van der Waals surface area (Å²) in [7, 11) is 0. The van der Waals surface area contributed by atoms with Crippen molar-refractivity contribution in [3.05, 3.63) is 53.6 Å². The summed E-state index contributed by atoms with van der Waals surface area (Å²) in [6, 6.07) is 7.36. The largest absolute Gasteiger partial charge is 0.420 e. The van der Waals surface area contributed by atoms with E-state index < -0.39 is 28.9 Å². The third-order valence-corrected chi connectivity index (χ3v) is 2.47. The van der Waals surface area contributed by atoms with Gasteiger partial charge in [-0.2, -0.15) is 13.2 Å². The second-order valence-corrected chi connectivity index (χ2v) is 3.68. The maximum Gasteiger partial charge on any atom is 0.420 e. The number of benzene rings is 1. The Morgan fingerprint density at radius 1 is 0.833 bits per heavy atom. The molecule has 0 unspecified atom stereocenters. The molecule has 0 saturated heterocycles. The Balaban J connectivity index is 2.70. The van der Waals surface area contributed by atoms with E-state index in [0.717, 1.165) is 6.08 Å². The minimum Gasteiger partial charge on any atom is -0.289 e. The van der Waals surface area contributed by atoms with Gasteiger partial charge >= 0.3 is 6.18 Å². The van der Waals surface area contributed by atoms with Crippen LogP contribution in [0.4, 0.5) is 13.2 Å². The molecule has 0 amide bonds. The van der Waals surface area contributed by atoms with Crippen LogP contribution >= 0.6 is 0 Å². The van der Waals surface area contributed by atoms with Gasteiger partial charge in [-0.25, -0.2) is 0 Å². The molecular weight excluding hydrogens is 245 g/mol. The highest BCUT2D eigenvalue weighted by Gasteiger charge is 2.43. The summed E-state index contributed by atoms with van der Waals surface area (Å²) in [5.41, 5.74) is -1.90. The number of carbonyl (C=O) groups is 2. The topological polar surface area (TPSA) is 34.1 Å². The van der Waals surface area contributed by atoms with Gasteiger partial charge < -0.3 is 0 Å². The standard InChI is InChI=1S/C13H7F3O2/c14-13(15,16)12-10(18)7-6-9(17)11(12)8-4-2-1-3-5-8/h1-7H. The van der Waals surface area contributed by atoms with E-state index in [9.17, 15) is 22.8 Å². The van der Waals surface area contributed by atoms with Crippen LogP contribution in [0.5, 0.6) is 0 Å². The van der Waals surface area contributed by atoms with Gasteiger partial charge in [-0.1, -0.05) is 30.3 Å². The van der Waals surface area contributed by atoms with Crippen molar-refractivity contribution in [1.29, 1.82) is 0 Å². The predicted molar refractivity (Wildman–Crippen MR) is 58.6 cm³/mol. The van der Waals surface area contributed by atoms with Gasteiger partial charge in [-0.15, -0.1) is 0 Å². The van der Waals surface area contributed by atoms with Crippen molar-refractivity contribution in [2.45, 2.75) is 6.18 Å². The summed E-state index contributed by atoms with van der Waals surface area (Å²) in [6.07, 6.45) is -3.33. The van der Waals surface area contributed by atoms with Gasteiger partial charge in [0.15, 0.2) is 11.6 Å². The summed E-state index contributed by atoms with van der Waals surface area (Å²) in [5.74, 6) is -2.01. The van der Waals surface area contributed by atoms with Gasteiger partial charge in [0.25, 0.3) is 0 Å². The van der Waals surface area contributed by atoms with Gasteiger partial charge in [0, 0.05) is 5.57 Å². The van der Waals surface area contributed by atoms with E-state index in [1.807, 2.05) is 0 Å². The quantitative estimate of drug-likeness (QED) is 0.720. The van der Waals surface area contributed by atoms with E-state index in [1.54, 1.807) is 6.07 Å². The van der Waals surface area contributed by atoms with Crippen molar-refractivity contribution in [3.8, 4) is 0 Å². The molecule has 0 spiro atoms. The van der Waals surface area contributed by atoms with Gasteiger partial charge in [-0.05, 0) is 17.7 Å². The van der Waals surface area contributed by atoms with E-state index in [2.05, 4.69) is 0 Å². The van der Waals surface area contributed by atoms with Crippen LogP contribution in [-0.4, -0.2) is 17.7 Å². The number of carbonyl (C=O) groups excluding carboxylic acids is 2. The van der Waals surface area contributed by atoms with Crippen molar-refractivity contribution >= 4 is 17.1 Å². The average Bonchev–Trinajstić information content (AvgIpc) is 2.31. The lowest BCUT2D eigenvalue weighted by molar-refractivity contribution is -0.126. The zero-order chi connectivity index (χ0) is 13.3. The van der Waals surface area contributed by atoms with Crippen molar-refractivity contribution in [2.24, 2.45) is 0 Å². The van der Waals surface area contributed by atoms with Crippen LogP contribution in [0.2, 0.25) is 0 Å². The number of halogens is 3. The summed E-state index contributed by atoms with van der Waals surface area (Å²) < 4.78 is 38.5. The molecule has 2 rings (SSSR count). The molecule has 0 bridgehead atoms. The van der Waals surface area contributed by atoms with E-state index in [4.69, 9.17) is 0 Å². The first kappa shape index (κ1) is 12.3. The number of rotatable bonds is 1. The van der Waals surface area contributed by atoms with Crippen molar-refractivity contribution in [1.82, 2.24) is 0 Å². The second kappa shape index (κ2) is 4.25. The monoisotopic (exact) mass is 252 g/mol. The van der Waals surface area contributed by atoms with Gasteiger partial charge in [0.1, 0.15) is 5.57 Å². The van der Waals surface area contributed by atoms with E-state index in [1.165, 1.54) is 24.3 Å². The molecule has 2 nitrogen and oxygen atoms in total. The Bertz CT molecular complexity index is 566. The van der Waals surface area contributed by atoms with Crippen molar-refractivity contribution in [3.63, 3.8) is 0 Å².